The largest absolute Gasteiger partial charge is 0.207 e. The first kappa shape index (κ1) is 13.6. The predicted molar refractivity (Wildman–Crippen MR) is 63.4 cm³/mol. The summed E-state index contributed by atoms with van der Waals surface area (Å²) in [7, 11) is 0. The Balaban J connectivity index is 3.19. The number of hydrogen-bond donors (Lipinski definition) is 0. The summed E-state index contributed by atoms with van der Waals surface area (Å²) >= 11 is 0. The molecule has 1 nitrogen and oxygen atoms in total. The predicted octanol–water partition coefficient (Wildman–Crippen LogP) is 4.40. The molecule has 0 heterocycles. The van der Waals surface area contributed by atoms with Crippen LogP contribution in [0.2, 0.25) is 0 Å². The lowest BCUT2D eigenvalue weighted by atomic mass is 9.70. The molecule has 0 amide bonds. The summed E-state index contributed by atoms with van der Waals surface area (Å²) in [5.74, 6) is -1.37. The highest BCUT2D eigenvalue weighted by atomic mass is 19.1. The van der Waals surface area contributed by atoms with Gasteiger partial charge in [0, 0.05) is 6.07 Å². The zero-order chi connectivity index (χ0) is 13.1. The molecule has 1 rings (SSSR count). The second-order valence-corrected chi connectivity index (χ2v) is 4.40. The molecule has 1 aromatic carbocycles. The monoisotopic (exact) mass is 237 g/mol. The first-order chi connectivity index (χ1) is 7.99. The molecule has 92 valence electrons. The van der Waals surface area contributed by atoms with Crippen LogP contribution in [0, 0.1) is 28.4 Å². The molecule has 0 saturated carbocycles. The van der Waals surface area contributed by atoms with E-state index in [1.165, 1.54) is 12.1 Å². The maximum absolute atomic E-state index is 13.2. The molecule has 0 fully saturated rings. The Morgan fingerprint density at radius 2 is 1.65 bits per heavy atom. The SMILES string of the molecule is CCC(C#N)(CC)[C@H](C)c1cc(F)cc(F)c1. The van der Waals surface area contributed by atoms with E-state index in [9.17, 15) is 14.0 Å². The second-order valence-electron chi connectivity index (χ2n) is 4.40. The summed E-state index contributed by atoms with van der Waals surface area (Å²) in [4.78, 5) is 0. The Bertz CT molecular complexity index is 410. The van der Waals surface area contributed by atoms with E-state index in [0.717, 1.165) is 6.07 Å². The van der Waals surface area contributed by atoms with Gasteiger partial charge in [-0.2, -0.15) is 5.26 Å². The summed E-state index contributed by atoms with van der Waals surface area (Å²) in [6.45, 7) is 5.71. The Kier molecular flexibility index (Phi) is 4.22. The fraction of sp³-hybridized carbons (Fsp3) is 0.500. The molecule has 0 aromatic heterocycles. The van der Waals surface area contributed by atoms with Crippen LogP contribution in [-0.2, 0) is 0 Å². The zero-order valence-electron chi connectivity index (χ0n) is 10.4. The fourth-order valence-electron chi connectivity index (χ4n) is 2.26. The number of nitriles is 1. The molecular formula is C14H17F2N. The van der Waals surface area contributed by atoms with E-state index < -0.39 is 17.0 Å². The summed E-state index contributed by atoms with van der Waals surface area (Å²) in [6.07, 6.45) is 1.33. The van der Waals surface area contributed by atoms with Crippen molar-refractivity contribution in [3.8, 4) is 6.07 Å². The molecule has 0 aliphatic heterocycles. The van der Waals surface area contributed by atoms with Crippen molar-refractivity contribution in [3.05, 3.63) is 35.4 Å². The molecule has 1 atom stereocenters. The van der Waals surface area contributed by atoms with Crippen molar-refractivity contribution in [2.24, 2.45) is 5.41 Å². The van der Waals surface area contributed by atoms with Crippen molar-refractivity contribution in [2.45, 2.75) is 39.5 Å². The number of hydrogen-bond acceptors (Lipinski definition) is 1. The van der Waals surface area contributed by atoms with E-state index in [1.807, 2.05) is 20.8 Å². The van der Waals surface area contributed by atoms with Crippen molar-refractivity contribution in [3.63, 3.8) is 0 Å². The lowest BCUT2D eigenvalue weighted by Crippen LogP contribution is -2.24. The Morgan fingerprint density at radius 3 is 2.00 bits per heavy atom. The Labute approximate surface area is 101 Å². The topological polar surface area (TPSA) is 23.8 Å². The highest BCUT2D eigenvalue weighted by Gasteiger charge is 2.34. The quantitative estimate of drug-likeness (QED) is 0.761. The minimum Gasteiger partial charge on any atom is -0.207 e. The van der Waals surface area contributed by atoms with Crippen LogP contribution in [0.3, 0.4) is 0 Å². The number of rotatable bonds is 4. The van der Waals surface area contributed by atoms with E-state index in [0.29, 0.717) is 18.4 Å². The van der Waals surface area contributed by atoms with Gasteiger partial charge >= 0.3 is 0 Å². The first-order valence-electron chi connectivity index (χ1n) is 5.86. The molecule has 0 aliphatic carbocycles. The maximum Gasteiger partial charge on any atom is 0.126 e. The molecule has 0 saturated heterocycles. The van der Waals surface area contributed by atoms with Gasteiger partial charge in [-0.05, 0) is 36.5 Å². The molecule has 0 bridgehead atoms. The van der Waals surface area contributed by atoms with Crippen LogP contribution in [0.15, 0.2) is 18.2 Å². The van der Waals surface area contributed by atoms with Gasteiger partial charge in [0.05, 0.1) is 11.5 Å². The molecular weight excluding hydrogens is 220 g/mol. The lowest BCUT2D eigenvalue weighted by molar-refractivity contribution is 0.303. The molecule has 0 unspecified atom stereocenters. The fourth-order valence-corrected chi connectivity index (χ4v) is 2.26. The van der Waals surface area contributed by atoms with Crippen molar-refractivity contribution in [2.75, 3.05) is 0 Å². The van der Waals surface area contributed by atoms with Gasteiger partial charge in [-0.3, -0.25) is 0 Å². The molecule has 0 N–H and O–H groups in total. The molecule has 1 aromatic rings. The minimum absolute atomic E-state index is 0.187. The van der Waals surface area contributed by atoms with E-state index in [1.54, 1.807) is 0 Å². The van der Waals surface area contributed by atoms with Crippen LogP contribution in [-0.4, -0.2) is 0 Å². The van der Waals surface area contributed by atoms with Crippen LogP contribution in [0.5, 0.6) is 0 Å². The smallest absolute Gasteiger partial charge is 0.126 e. The highest BCUT2D eigenvalue weighted by molar-refractivity contribution is 5.26. The van der Waals surface area contributed by atoms with Crippen molar-refractivity contribution < 1.29 is 8.78 Å². The van der Waals surface area contributed by atoms with E-state index >= 15 is 0 Å². The van der Waals surface area contributed by atoms with Gasteiger partial charge in [0.1, 0.15) is 11.6 Å². The number of halogens is 2. The molecule has 3 heteroatoms. The molecule has 0 aliphatic rings. The summed E-state index contributed by atoms with van der Waals surface area (Å²) < 4.78 is 26.3. The van der Waals surface area contributed by atoms with E-state index in [4.69, 9.17) is 0 Å². The van der Waals surface area contributed by atoms with Gasteiger partial charge in [-0.15, -0.1) is 0 Å². The normalized spacial score (nSPS) is 13.2. The highest BCUT2D eigenvalue weighted by Crippen LogP contribution is 2.41. The maximum atomic E-state index is 13.2. The van der Waals surface area contributed by atoms with Gasteiger partial charge in [-0.25, -0.2) is 8.78 Å². The standard InChI is InChI=1S/C14H17F2N/c1-4-14(5-2,9-17)10(3)11-6-12(15)8-13(16)7-11/h6-8,10H,4-5H2,1-3H3/t10-/m1/s1. The third kappa shape index (κ3) is 2.63. The first-order valence-corrected chi connectivity index (χ1v) is 5.86. The van der Waals surface area contributed by atoms with Gasteiger partial charge in [0.25, 0.3) is 0 Å². The van der Waals surface area contributed by atoms with Crippen LogP contribution >= 0.6 is 0 Å². The van der Waals surface area contributed by atoms with Crippen molar-refractivity contribution in [1.82, 2.24) is 0 Å². The molecule has 0 radical (unpaired) electrons. The van der Waals surface area contributed by atoms with Gasteiger partial charge < -0.3 is 0 Å². The summed E-state index contributed by atoms with van der Waals surface area (Å²) in [5.41, 5.74) is -0.00648. The Morgan fingerprint density at radius 1 is 1.18 bits per heavy atom. The third-order valence-electron chi connectivity index (χ3n) is 3.70. The molecule has 17 heavy (non-hydrogen) atoms. The van der Waals surface area contributed by atoms with Crippen LogP contribution < -0.4 is 0 Å². The van der Waals surface area contributed by atoms with Crippen molar-refractivity contribution >= 4 is 0 Å². The van der Waals surface area contributed by atoms with Crippen LogP contribution in [0.25, 0.3) is 0 Å². The number of benzene rings is 1. The molecule has 0 spiro atoms. The van der Waals surface area contributed by atoms with Gasteiger partial charge in [0.15, 0.2) is 0 Å². The van der Waals surface area contributed by atoms with Gasteiger partial charge in [0.2, 0.25) is 0 Å². The summed E-state index contributed by atoms with van der Waals surface area (Å²) in [6, 6.07) is 5.78. The van der Waals surface area contributed by atoms with Crippen molar-refractivity contribution in [1.29, 1.82) is 5.26 Å². The average molecular weight is 237 g/mol. The van der Waals surface area contributed by atoms with Crippen LogP contribution in [0.4, 0.5) is 8.78 Å². The average Bonchev–Trinajstić information content (AvgIpc) is 2.30. The third-order valence-corrected chi connectivity index (χ3v) is 3.70. The van der Waals surface area contributed by atoms with E-state index in [-0.39, 0.29) is 5.92 Å². The number of nitrogens with zero attached hydrogens (tertiary/aromatic N) is 1. The van der Waals surface area contributed by atoms with Crippen LogP contribution in [0.1, 0.15) is 45.1 Å². The zero-order valence-corrected chi connectivity index (χ0v) is 10.4. The Hall–Kier alpha value is -1.43. The summed E-state index contributed by atoms with van der Waals surface area (Å²) in [5, 5.41) is 9.31. The lowest BCUT2D eigenvalue weighted by Gasteiger charge is -2.31. The second kappa shape index (κ2) is 5.27. The minimum atomic E-state index is -0.592. The van der Waals surface area contributed by atoms with E-state index in [2.05, 4.69) is 6.07 Å². The van der Waals surface area contributed by atoms with Gasteiger partial charge in [-0.1, -0.05) is 20.8 Å².